The number of nitrogens with zero attached hydrogens (tertiary/aromatic N) is 2. The molecule has 3 N–H and O–H groups in total. The first-order chi connectivity index (χ1) is 16.3. The van der Waals surface area contributed by atoms with Crippen LogP contribution in [0.4, 0.5) is 24.5 Å². The third kappa shape index (κ3) is 4.58. The third-order valence-corrected chi connectivity index (χ3v) is 6.03. The van der Waals surface area contributed by atoms with Crippen LogP contribution in [0.1, 0.15) is 35.2 Å². The van der Waals surface area contributed by atoms with Crippen LogP contribution in [0.3, 0.4) is 0 Å². The van der Waals surface area contributed by atoms with Gasteiger partial charge >= 0.3 is 5.97 Å². The highest BCUT2D eigenvalue weighted by Crippen LogP contribution is 2.33. The van der Waals surface area contributed by atoms with Crippen molar-refractivity contribution in [3.63, 3.8) is 0 Å². The van der Waals surface area contributed by atoms with Crippen LogP contribution in [0.25, 0.3) is 10.9 Å². The fourth-order valence-corrected chi connectivity index (χ4v) is 4.33. The van der Waals surface area contributed by atoms with E-state index in [0.29, 0.717) is 29.0 Å². The number of halogens is 3. The van der Waals surface area contributed by atoms with Crippen LogP contribution in [0.5, 0.6) is 0 Å². The lowest BCUT2D eigenvalue weighted by atomic mass is 10.1. The van der Waals surface area contributed by atoms with Crippen molar-refractivity contribution in [3.8, 4) is 0 Å². The van der Waals surface area contributed by atoms with Crippen LogP contribution in [-0.2, 0) is 13.1 Å². The molecule has 1 aliphatic rings. The van der Waals surface area contributed by atoms with E-state index in [2.05, 4.69) is 10.2 Å². The summed E-state index contributed by atoms with van der Waals surface area (Å²) in [6.07, 6.45) is 4.16. The van der Waals surface area contributed by atoms with Gasteiger partial charge in [0.05, 0.1) is 23.5 Å². The molecule has 180 valence electrons. The van der Waals surface area contributed by atoms with Gasteiger partial charge in [0.15, 0.2) is 0 Å². The molecule has 0 amide bonds. The molecular weight excluding hydrogens is 451 g/mol. The zero-order valence-corrected chi connectivity index (χ0v) is 18.3. The molecule has 2 heterocycles. The first-order valence-corrected chi connectivity index (χ1v) is 11.0. The minimum Gasteiger partial charge on any atom is -0.477 e. The molecule has 10 heteroatoms. The quantitative estimate of drug-likeness (QED) is 0.482. The standard InChI is InChI=1S/C24H24F3N3O4/c25-14-8-18(26)16(19(27)9-14)12-28-20-10-15-21(11-22(20)29-4-2-1-3-5-29)30(6-7-31)13-17(23(15)32)24(33)34/h8-11,13,28,31H,1-7,12H2,(H,33,34). The maximum Gasteiger partial charge on any atom is 0.341 e. The lowest BCUT2D eigenvalue weighted by Gasteiger charge is -2.31. The highest BCUT2D eigenvalue weighted by Gasteiger charge is 2.21. The van der Waals surface area contributed by atoms with E-state index >= 15 is 0 Å². The summed E-state index contributed by atoms with van der Waals surface area (Å²) in [7, 11) is 0. The largest absolute Gasteiger partial charge is 0.477 e. The Morgan fingerprint density at radius 1 is 1.03 bits per heavy atom. The lowest BCUT2D eigenvalue weighted by molar-refractivity contribution is 0.0694. The third-order valence-electron chi connectivity index (χ3n) is 6.03. The predicted molar refractivity (Wildman–Crippen MR) is 122 cm³/mol. The van der Waals surface area contributed by atoms with Crippen molar-refractivity contribution < 1.29 is 28.2 Å². The first-order valence-electron chi connectivity index (χ1n) is 11.0. The van der Waals surface area contributed by atoms with Gasteiger partial charge in [-0.25, -0.2) is 18.0 Å². The number of benzene rings is 2. The minimum atomic E-state index is -1.40. The number of pyridine rings is 1. The number of carbonyl (C=O) groups is 1. The predicted octanol–water partition coefficient (Wildman–Crippen LogP) is 3.71. The summed E-state index contributed by atoms with van der Waals surface area (Å²) in [5.41, 5.74) is 0.00622. The van der Waals surface area contributed by atoms with Crippen molar-refractivity contribution in [3.05, 3.63) is 69.3 Å². The molecule has 4 rings (SSSR count). The molecule has 0 saturated carbocycles. The Bertz CT molecular complexity index is 1280. The van der Waals surface area contributed by atoms with Crippen molar-refractivity contribution in [2.45, 2.75) is 32.4 Å². The Morgan fingerprint density at radius 3 is 2.32 bits per heavy atom. The maximum atomic E-state index is 14.2. The van der Waals surface area contributed by atoms with E-state index in [9.17, 15) is 33.0 Å². The molecular formula is C24H24F3N3O4. The molecule has 0 radical (unpaired) electrons. The van der Waals surface area contributed by atoms with E-state index < -0.39 is 34.4 Å². The zero-order valence-electron chi connectivity index (χ0n) is 18.3. The highest BCUT2D eigenvalue weighted by molar-refractivity contribution is 5.96. The van der Waals surface area contributed by atoms with Crippen LogP contribution in [0.15, 0.2) is 35.3 Å². The van der Waals surface area contributed by atoms with E-state index in [1.54, 1.807) is 6.07 Å². The van der Waals surface area contributed by atoms with E-state index in [1.807, 2.05) is 0 Å². The number of aliphatic hydroxyl groups is 1. The van der Waals surface area contributed by atoms with E-state index in [1.165, 1.54) is 16.8 Å². The van der Waals surface area contributed by atoms with Gasteiger partial charge in [0.1, 0.15) is 23.0 Å². The number of carboxylic acid groups (broad SMARTS) is 1. The Balaban J connectivity index is 1.86. The molecule has 0 unspecified atom stereocenters. The zero-order chi connectivity index (χ0) is 24.4. The van der Waals surface area contributed by atoms with Gasteiger partial charge < -0.3 is 25.0 Å². The Morgan fingerprint density at radius 2 is 1.71 bits per heavy atom. The SMILES string of the molecule is O=C(O)c1cn(CCO)c2cc(N3CCCCC3)c(NCc3c(F)cc(F)cc3F)cc2c1=O. The summed E-state index contributed by atoms with van der Waals surface area (Å²) < 4.78 is 43.2. The molecule has 7 nitrogen and oxygen atoms in total. The van der Waals surface area contributed by atoms with Crippen molar-refractivity contribution in [2.24, 2.45) is 0 Å². The van der Waals surface area contributed by atoms with Crippen LogP contribution >= 0.6 is 0 Å². The van der Waals surface area contributed by atoms with Crippen LogP contribution in [0, 0.1) is 17.5 Å². The number of hydrogen-bond donors (Lipinski definition) is 3. The molecule has 0 aliphatic carbocycles. The van der Waals surface area contributed by atoms with Crippen molar-refractivity contribution in [1.82, 2.24) is 4.57 Å². The molecule has 1 aromatic heterocycles. The summed E-state index contributed by atoms with van der Waals surface area (Å²) in [6.45, 7) is 0.968. The normalized spacial score (nSPS) is 13.9. The molecule has 3 aromatic rings. The van der Waals surface area contributed by atoms with Gasteiger partial charge in [0, 0.05) is 55.5 Å². The second kappa shape index (κ2) is 9.76. The Hall–Kier alpha value is -3.53. The van der Waals surface area contributed by atoms with Crippen molar-refractivity contribution in [2.75, 3.05) is 29.9 Å². The molecule has 0 spiro atoms. The number of hydrogen-bond acceptors (Lipinski definition) is 5. The number of fused-ring (bicyclic) bond motifs is 1. The number of nitrogens with one attached hydrogen (secondary N) is 1. The van der Waals surface area contributed by atoms with Gasteiger partial charge in [-0.1, -0.05) is 0 Å². The van der Waals surface area contributed by atoms with Gasteiger partial charge in [-0.3, -0.25) is 4.79 Å². The fraction of sp³-hybridized carbons (Fsp3) is 0.333. The van der Waals surface area contributed by atoms with Gasteiger partial charge in [-0.05, 0) is 31.4 Å². The number of carboxylic acids is 1. The van der Waals surface area contributed by atoms with Gasteiger partial charge in [-0.15, -0.1) is 0 Å². The van der Waals surface area contributed by atoms with Crippen LogP contribution in [0.2, 0.25) is 0 Å². The summed E-state index contributed by atoms with van der Waals surface area (Å²) in [6, 6.07) is 4.39. The second-order valence-electron chi connectivity index (χ2n) is 8.23. The number of piperidine rings is 1. The maximum absolute atomic E-state index is 14.2. The van der Waals surface area contributed by atoms with Crippen molar-refractivity contribution >= 4 is 28.2 Å². The monoisotopic (exact) mass is 475 g/mol. The lowest BCUT2D eigenvalue weighted by Crippen LogP contribution is -2.30. The summed E-state index contributed by atoms with van der Waals surface area (Å²) in [5.74, 6) is -4.50. The molecule has 34 heavy (non-hydrogen) atoms. The number of anilines is 2. The average Bonchev–Trinajstić information content (AvgIpc) is 2.80. The van der Waals surface area contributed by atoms with Crippen molar-refractivity contribution in [1.29, 1.82) is 0 Å². The summed E-state index contributed by atoms with van der Waals surface area (Å²) in [5, 5.41) is 22.0. The smallest absolute Gasteiger partial charge is 0.341 e. The summed E-state index contributed by atoms with van der Waals surface area (Å²) in [4.78, 5) is 26.6. The summed E-state index contributed by atoms with van der Waals surface area (Å²) >= 11 is 0. The minimum absolute atomic E-state index is 0.0786. The number of rotatable bonds is 7. The van der Waals surface area contributed by atoms with Crippen LogP contribution < -0.4 is 15.6 Å². The van der Waals surface area contributed by atoms with Gasteiger partial charge in [-0.2, -0.15) is 0 Å². The molecule has 1 saturated heterocycles. The van der Waals surface area contributed by atoms with E-state index in [4.69, 9.17) is 0 Å². The number of aromatic nitrogens is 1. The molecule has 0 bridgehead atoms. The van der Waals surface area contributed by atoms with Crippen LogP contribution in [-0.4, -0.2) is 40.4 Å². The van der Waals surface area contributed by atoms with Gasteiger partial charge in [0.2, 0.25) is 5.43 Å². The molecule has 2 aromatic carbocycles. The Kier molecular flexibility index (Phi) is 6.78. The molecule has 0 atom stereocenters. The number of aliphatic hydroxyl groups excluding tert-OH is 1. The van der Waals surface area contributed by atoms with E-state index in [-0.39, 0.29) is 30.6 Å². The highest BCUT2D eigenvalue weighted by atomic mass is 19.1. The topological polar surface area (TPSA) is 94.8 Å². The first kappa shape index (κ1) is 23.6. The van der Waals surface area contributed by atoms with Gasteiger partial charge in [0.25, 0.3) is 0 Å². The Labute approximate surface area is 193 Å². The molecule has 1 aliphatic heterocycles. The van der Waals surface area contributed by atoms with E-state index in [0.717, 1.165) is 32.4 Å². The fourth-order valence-electron chi connectivity index (χ4n) is 4.33. The number of aromatic carboxylic acids is 1. The average molecular weight is 475 g/mol. The molecule has 1 fully saturated rings. The second-order valence-corrected chi connectivity index (χ2v) is 8.23.